The van der Waals surface area contributed by atoms with Crippen LogP contribution in [0.25, 0.3) is 5.69 Å². The van der Waals surface area contributed by atoms with Crippen LogP contribution in [0.3, 0.4) is 0 Å². The maximum Gasteiger partial charge on any atom is 0.272 e. The number of carbonyl (C=O) groups excluding carboxylic acids is 1. The minimum absolute atomic E-state index is 0.0217. The first kappa shape index (κ1) is 15.6. The van der Waals surface area contributed by atoms with Crippen molar-refractivity contribution in [1.29, 1.82) is 0 Å². The van der Waals surface area contributed by atoms with Gasteiger partial charge in [0.2, 0.25) is 0 Å². The number of benzene rings is 2. The summed E-state index contributed by atoms with van der Waals surface area (Å²) in [4.78, 5) is 12.6. The number of hydrogen-bond acceptors (Lipinski definition) is 2. The zero-order valence-corrected chi connectivity index (χ0v) is 13.7. The van der Waals surface area contributed by atoms with Gasteiger partial charge in [-0.1, -0.05) is 24.3 Å². The van der Waals surface area contributed by atoms with Gasteiger partial charge in [0.05, 0.1) is 11.7 Å². The van der Waals surface area contributed by atoms with E-state index in [0.29, 0.717) is 11.4 Å². The van der Waals surface area contributed by atoms with Crippen LogP contribution in [0, 0.1) is 5.82 Å². The van der Waals surface area contributed by atoms with Crippen molar-refractivity contribution in [2.24, 2.45) is 0 Å². The van der Waals surface area contributed by atoms with Crippen LogP contribution >= 0.6 is 0 Å². The molecule has 5 heteroatoms. The number of fused-ring (bicyclic) bond motifs is 1. The molecule has 1 atom stereocenters. The molecular formula is C20H18FN3O. The molecule has 0 saturated heterocycles. The van der Waals surface area contributed by atoms with Crippen LogP contribution in [0.5, 0.6) is 0 Å². The molecule has 4 nitrogen and oxygen atoms in total. The number of rotatable bonds is 3. The first-order chi connectivity index (χ1) is 12.2. The smallest absolute Gasteiger partial charge is 0.272 e. The topological polar surface area (TPSA) is 46.9 Å². The molecule has 0 spiro atoms. The van der Waals surface area contributed by atoms with Crippen molar-refractivity contribution in [3.63, 3.8) is 0 Å². The summed E-state index contributed by atoms with van der Waals surface area (Å²) in [5.74, 6) is -0.493. The molecule has 1 unspecified atom stereocenters. The van der Waals surface area contributed by atoms with Gasteiger partial charge in [-0.3, -0.25) is 4.79 Å². The standard InChI is InChI=1S/C20H18FN3O/c21-15-8-10-16(11-9-15)24-13-12-19(23-24)20(25)22-18-7-3-5-14-4-1-2-6-17(14)18/h1-2,4,6,8-13,18H,3,5,7H2,(H,22,25). The summed E-state index contributed by atoms with van der Waals surface area (Å²) in [5.41, 5.74) is 3.56. The highest BCUT2D eigenvalue weighted by atomic mass is 19.1. The fraction of sp³-hybridized carbons (Fsp3) is 0.200. The van der Waals surface area contributed by atoms with Crippen LogP contribution in [0.4, 0.5) is 4.39 Å². The predicted octanol–water partition coefficient (Wildman–Crippen LogP) is 3.82. The number of aryl methyl sites for hydroxylation is 1. The number of hydrogen-bond donors (Lipinski definition) is 1. The van der Waals surface area contributed by atoms with Crippen molar-refractivity contribution in [3.8, 4) is 5.69 Å². The van der Waals surface area contributed by atoms with E-state index in [9.17, 15) is 9.18 Å². The Morgan fingerprint density at radius 3 is 2.76 bits per heavy atom. The Morgan fingerprint density at radius 2 is 1.92 bits per heavy atom. The zero-order valence-electron chi connectivity index (χ0n) is 13.7. The molecule has 1 N–H and O–H groups in total. The molecule has 1 heterocycles. The third-order valence-electron chi connectivity index (χ3n) is 4.59. The van der Waals surface area contributed by atoms with Crippen molar-refractivity contribution < 1.29 is 9.18 Å². The second kappa shape index (κ2) is 6.51. The Hall–Kier alpha value is -2.95. The van der Waals surface area contributed by atoms with Gasteiger partial charge >= 0.3 is 0 Å². The SMILES string of the molecule is O=C(NC1CCCc2ccccc21)c1ccn(-c2ccc(F)cc2)n1. The van der Waals surface area contributed by atoms with Crippen molar-refractivity contribution in [2.75, 3.05) is 0 Å². The van der Waals surface area contributed by atoms with Crippen LogP contribution in [0.2, 0.25) is 0 Å². The van der Waals surface area contributed by atoms with E-state index >= 15 is 0 Å². The first-order valence-electron chi connectivity index (χ1n) is 8.41. The van der Waals surface area contributed by atoms with Gasteiger partial charge in [-0.2, -0.15) is 5.10 Å². The zero-order chi connectivity index (χ0) is 17.2. The van der Waals surface area contributed by atoms with E-state index in [1.165, 1.54) is 23.3 Å². The molecule has 25 heavy (non-hydrogen) atoms. The van der Waals surface area contributed by atoms with Crippen molar-refractivity contribution in [2.45, 2.75) is 25.3 Å². The van der Waals surface area contributed by atoms with Gasteiger partial charge in [0, 0.05) is 6.20 Å². The van der Waals surface area contributed by atoms with Crippen molar-refractivity contribution in [3.05, 3.63) is 83.4 Å². The van der Waals surface area contributed by atoms with Crippen LogP contribution in [0.15, 0.2) is 60.8 Å². The van der Waals surface area contributed by atoms with Gasteiger partial charge in [-0.15, -0.1) is 0 Å². The average molecular weight is 335 g/mol. The molecule has 0 saturated carbocycles. The minimum Gasteiger partial charge on any atom is -0.344 e. The lowest BCUT2D eigenvalue weighted by molar-refractivity contribution is 0.0927. The van der Waals surface area contributed by atoms with Crippen LogP contribution in [-0.2, 0) is 6.42 Å². The molecular weight excluding hydrogens is 317 g/mol. The highest BCUT2D eigenvalue weighted by Crippen LogP contribution is 2.29. The van der Waals surface area contributed by atoms with E-state index in [0.717, 1.165) is 19.3 Å². The lowest BCUT2D eigenvalue weighted by atomic mass is 9.88. The van der Waals surface area contributed by atoms with Gasteiger partial charge < -0.3 is 5.32 Å². The molecule has 0 radical (unpaired) electrons. The van der Waals surface area contributed by atoms with Crippen LogP contribution < -0.4 is 5.32 Å². The van der Waals surface area contributed by atoms with E-state index in [2.05, 4.69) is 22.5 Å². The molecule has 0 bridgehead atoms. The largest absolute Gasteiger partial charge is 0.344 e. The number of halogens is 1. The summed E-state index contributed by atoms with van der Waals surface area (Å²) in [5, 5.41) is 7.40. The van der Waals surface area contributed by atoms with Gasteiger partial charge in [0.25, 0.3) is 5.91 Å². The summed E-state index contributed by atoms with van der Waals surface area (Å²) < 4.78 is 14.6. The number of nitrogens with zero attached hydrogens (tertiary/aromatic N) is 2. The van der Waals surface area contributed by atoms with Crippen LogP contribution in [0.1, 0.15) is 40.5 Å². The second-order valence-electron chi connectivity index (χ2n) is 6.24. The van der Waals surface area contributed by atoms with Gasteiger partial charge in [0.15, 0.2) is 5.69 Å². The summed E-state index contributed by atoms with van der Waals surface area (Å²) in [7, 11) is 0. The van der Waals surface area contributed by atoms with E-state index in [4.69, 9.17) is 0 Å². The highest BCUT2D eigenvalue weighted by molar-refractivity contribution is 5.92. The van der Waals surface area contributed by atoms with Crippen LogP contribution in [-0.4, -0.2) is 15.7 Å². The summed E-state index contributed by atoms with van der Waals surface area (Å²) in [6.45, 7) is 0. The average Bonchev–Trinajstić information content (AvgIpc) is 3.13. The number of carbonyl (C=O) groups is 1. The highest BCUT2D eigenvalue weighted by Gasteiger charge is 2.22. The van der Waals surface area contributed by atoms with E-state index in [1.807, 2.05) is 12.1 Å². The molecule has 4 rings (SSSR count). The lowest BCUT2D eigenvalue weighted by Gasteiger charge is -2.26. The molecule has 126 valence electrons. The summed E-state index contributed by atoms with van der Waals surface area (Å²) in [6, 6.07) is 15.9. The minimum atomic E-state index is -0.301. The molecule has 1 aliphatic rings. The van der Waals surface area contributed by atoms with E-state index in [1.54, 1.807) is 29.1 Å². The quantitative estimate of drug-likeness (QED) is 0.791. The Bertz CT molecular complexity index is 901. The van der Waals surface area contributed by atoms with Gasteiger partial charge in [0.1, 0.15) is 5.82 Å². The number of aromatic nitrogens is 2. The maximum atomic E-state index is 13.0. The lowest BCUT2D eigenvalue weighted by Crippen LogP contribution is -2.31. The van der Waals surface area contributed by atoms with E-state index < -0.39 is 0 Å². The predicted molar refractivity (Wildman–Crippen MR) is 93.1 cm³/mol. The molecule has 3 aromatic rings. The normalized spacial score (nSPS) is 16.3. The van der Waals surface area contributed by atoms with Gasteiger partial charge in [-0.05, 0) is 60.7 Å². The molecule has 1 aromatic heterocycles. The van der Waals surface area contributed by atoms with Gasteiger partial charge in [-0.25, -0.2) is 9.07 Å². The van der Waals surface area contributed by atoms with Crippen molar-refractivity contribution >= 4 is 5.91 Å². The molecule has 2 aromatic carbocycles. The van der Waals surface area contributed by atoms with E-state index in [-0.39, 0.29) is 17.8 Å². The monoisotopic (exact) mass is 335 g/mol. The number of nitrogens with one attached hydrogen (secondary N) is 1. The fourth-order valence-electron chi connectivity index (χ4n) is 3.32. The second-order valence-corrected chi connectivity index (χ2v) is 6.24. The third-order valence-corrected chi connectivity index (χ3v) is 4.59. The maximum absolute atomic E-state index is 13.0. The Morgan fingerprint density at radius 1 is 1.12 bits per heavy atom. The summed E-state index contributed by atoms with van der Waals surface area (Å²) in [6.07, 6.45) is 4.76. The molecule has 0 fully saturated rings. The first-order valence-corrected chi connectivity index (χ1v) is 8.41. The van der Waals surface area contributed by atoms with Crippen molar-refractivity contribution in [1.82, 2.24) is 15.1 Å². The Balaban J connectivity index is 1.52. The Labute approximate surface area is 145 Å². The number of amides is 1. The molecule has 1 amide bonds. The molecule has 1 aliphatic carbocycles. The molecule has 0 aliphatic heterocycles. The Kier molecular flexibility index (Phi) is 4.06. The third kappa shape index (κ3) is 3.18. The summed E-state index contributed by atoms with van der Waals surface area (Å²) >= 11 is 0. The fourth-order valence-corrected chi connectivity index (χ4v) is 3.32.